The third-order valence-electron chi connectivity index (χ3n) is 12.6. The van der Waals surface area contributed by atoms with Crippen LogP contribution in [0.4, 0.5) is 39.3 Å². The average molecular weight is 838 g/mol. The van der Waals surface area contributed by atoms with E-state index in [2.05, 4.69) is 97.5 Å². The smallest absolute Gasteiger partial charge is 0.328 e. The highest BCUT2D eigenvalue weighted by molar-refractivity contribution is 7.64. The zero-order valence-corrected chi connectivity index (χ0v) is 36.2. The number of urea groups is 1. The van der Waals surface area contributed by atoms with Crippen molar-refractivity contribution >= 4 is 71.3 Å². The molecule has 0 unspecified atom stereocenters. The number of nitrogens with one attached hydrogen (secondary N) is 3. The van der Waals surface area contributed by atoms with Gasteiger partial charge in [0.15, 0.2) is 5.82 Å². The number of hydrogen-bond donors (Lipinski definition) is 3. The van der Waals surface area contributed by atoms with Crippen molar-refractivity contribution in [2.45, 2.75) is 56.9 Å². The number of carbonyl (C=O) groups excluding carboxylic acids is 2. The molecule has 5 heterocycles. The van der Waals surface area contributed by atoms with Gasteiger partial charge < -0.3 is 30.1 Å². The Morgan fingerprint density at radius 3 is 2.27 bits per heavy atom. The van der Waals surface area contributed by atoms with E-state index in [0.717, 1.165) is 67.8 Å². The van der Waals surface area contributed by atoms with Gasteiger partial charge in [0.2, 0.25) is 11.9 Å². The first-order chi connectivity index (χ1) is 28.7. The maximum absolute atomic E-state index is 12.2. The molecule has 0 bridgehead atoms. The van der Waals surface area contributed by atoms with E-state index in [1.807, 2.05) is 18.2 Å². The first-order valence-corrected chi connectivity index (χ1v) is 23.8. The van der Waals surface area contributed by atoms with Crippen LogP contribution >= 0.6 is 19.5 Å². The third-order valence-corrected chi connectivity index (χ3v) is 14.3. The number of carbonyl (C=O) groups is 2. The highest BCUT2D eigenvalue weighted by Gasteiger charge is 2.31. The lowest BCUT2D eigenvalue weighted by Gasteiger charge is -2.43. The second kappa shape index (κ2) is 18.8. The SMILES string of the molecule is COc1cc(C2CCN(C3CCN(CC4CCN(c5ccc(N6CCC(=O)NC6=O)cc5)CC4)CC3)CC2)ccc1Nc1ncc(Cl)c(Nc2ccccc2P(C)C)n1. The van der Waals surface area contributed by atoms with E-state index in [0.29, 0.717) is 41.7 Å². The topological polar surface area (TPSA) is 118 Å². The summed E-state index contributed by atoms with van der Waals surface area (Å²) >= 11 is 6.54. The zero-order chi connectivity index (χ0) is 40.9. The van der Waals surface area contributed by atoms with E-state index in [1.54, 1.807) is 18.2 Å². The Kier molecular flexibility index (Phi) is 13.2. The zero-order valence-electron chi connectivity index (χ0n) is 34.5. The summed E-state index contributed by atoms with van der Waals surface area (Å²) in [6.45, 7) is 12.9. The fraction of sp³-hybridized carbons (Fsp3) is 0.467. The molecule has 14 heteroatoms. The van der Waals surface area contributed by atoms with Crippen molar-refractivity contribution in [3.05, 3.63) is 83.5 Å². The summed E-state index contributed by atoms with van der Waals surface area (Å²) in [6, 6.07) is 23.3. The van der Waals surface area contributed by atoms with Gasteiger partial charge in [0, 0.05) is 55.7 Å². The number of hydrogen-bond acceptors (Lipinski definition) is 10. The maximum Gasteiger partial charge on any atom is 0.328 e. The summed E-state index contributed by atoms with van der Waals surface area (Å²) in [5.41, 5.74) is 5.19. The molecule has 0 aliphatic carbocycles. The molecule has 0 radical (unpaired) electrons. The van der Waals surface area contributed by atoms with Crippen molar-refractivity contribution in [2.75, 3.05) is 93.2 Å². The number of para-hydroxylation sites is 1. The first kappa shape index (κ1) is 41.3. The van der Waals surface area contributed by atoms with Crippen LogP contribution in [-0.2, 0) is 4.79 Å². The molecular weight excluding hydrogens is 781 g/mol. The number of amides is 3. The van der Waals surface area contributed by atoms with Gasteiger partial charge in [-0.1, -0.05) is 43.8 Å². The number of likely N-dealkylation sites (tertiary alicyclic amines) is 2. The van der Waals surface area contributed by atoms with Crippen LogP contribution in [0.1, 0.15) is 56.4 Å². The number of piperidine rings is 3. The molecule has 8 rings (SSSR count). The van der Waals surface area contributed by atoms with Crippen molar-refractivity contribution in [3.63, 3.8) is 0 Å². The molecule has 4 fully saturated rings. The Bertz CT molecular complexity index is 2080. The summed E-state index contributed by atoms with van der Waals surface area (Å²) in [5, 5.41) is 10.9. The largest absolute Gasteiger partial charge is 0.495 e. The van der Waals surface area contributed by atoms with Crippen LogP contribution in [0.25, 0.3) is 0 Å². The lowest BCUT2D eigenvalue weighted by atomic mass is 9.87. The lowest BCUT2D eigenvalue weighted by molar-refractivity contribution is -0.120. The summed E-state index contributed by atoms with van der Waals surface area (Å²) in [5.74, 6) is 2.83. The van der Waals surface area contributed by atoms with Crippen molar-refractivity contribution in [2.24, 2.45) is 5.92 Å². The van der Waals surface area contributed by atoms with Crippen LogP contribution in [0.15, 0.2) is 72.9 Å². The summed E-state index contributed by atoms with van der Waals surface area (Å²) < 4.78 is 5.88. The Labute approximate surface area is 354 Å². The van der Waals surface area contributed by atoms with Crippen LogP contribution in [-0.4, -0.2) is 111 Å². The van der Waals surface area contributed by atoms with Gasteiger partial charge in [-0.15, -0.1) is 0 Å². The second-order valence-corrected chi connectivity index (χ2v) is 19.2. The van der Waals surface area contributed by atoms with Crippen LogP contribution in [0.2, 0.25) is 5.02 Å². The third kappa shape index (κ3) is 9.94. The van der Waals surface area contributed by atoms with Crippen LogP contribution in [0.3, 0.4) is 0 Å². The summed E-state index contributed by atoms with van der Waals surface area (Å²) in [4.78, 5) is 42.5. The van der Waals surface area contributed by atoms with Crippen molar-refractivity contribution < 1.29 is 14.3 Å². The lowest BCUT2D eigenvalue weighted by Crippen LogP contribution is -2.49. The number of halogens is 1. The predicted molar refractivity (Wildman–Crippen MR) is 241 cm³/mol. The molecule has 0 atom stereocenters. The molecular formula is C45H57ClN9O3P. The van der Waals surface area contributed by atoms with E-state index >= 15 is 0 Å². The molecule has 3 N–H and O–H groups in total. The minimum Gasteiger partial charge on any atom is -0.495 e. The second-order valence-electron chi connectivity index (χ2n) is 16.6. The van der Waals surface area contributed by atoms with Crippen LogP contribution in [0, 0.1) is 5.92 Å². The molecule has 1 aromatic heterocycles. The number of anilines is 6. The number of ether oxygens (including phenoxy) is 1. The molecule has 3 amide bonds. The van der Waals surface area contributed by atoms with Crippen molar-refractivity contribution in [1.29, 1.82) is 0 Å². The molecule has 59 heavy (non-hydrogen) atoms. The number of rotatable bonds is 12. The van der Waals surface area contributed by atoms with Gasteiger partial charge >= 0.3 is 6.03 Å². The van der Waals surface area contributed by atoms with Gasteiger partial charge in [-0.25, -0.2) is 9.78 Å². The molecule has 4 aromatic rings. The Morgan fingerprint density at radius 2 is 1.56 bits per heavy atom. The fourth-order valence-corrected chi connectivity index (χ4v) is 10.4. The monoisotopic (exact) mass is 837 g/mol. The van der Waals surface area contributed by atoms with E-state index in [9.17, 15) is 9.59 Å². The van der Waals surface area contributed by atoms with Gasteiger partial charge in [0.25, 0.3) is 0 Å². The molecule has 4 aliphatic rings. The minimum absolute atomic E-state index is 0.207. The van der Waals surface area contributed by atoms with Crippen LogP contribution in [0.5, 0.6) is 5.75 Å². The van der Waals surface area contributed by atoms with E-state index in [-0.39, 0.29) is 19.9 Å². The predicted octanol–water partition coefficient (Wildman–Crippen LogP) is 8.00. The molecule has 312 valence electrons. The standard InChI is InChI=1S/C45H57ClN9O3P/c1-58-40-28-33(8-13-38(40)49-44-47-29-37(46)43(51-44)48-39-6-4-5-7-41(39)59(2)3)32-16-25-54(26-17-32)35-18-21-52(22-19-35)30-31-14-23-53(24-15-31)34-9-11-36(12-10-34)55-27-20-42(56)50-45(55)57/h4-13,28-29,31-32,35H,14-27,30H2,1-3H3,(H,50,56,57)(H2,47,48,49,51). The van der Waals surface area contributed by atoms with Gasteiger partial charge in [0.05, 0.1) is 19.0 Å². The van der Waals surface area contributed by atoms with Gasteiger partial charge in [0.1, 0.15) is 10.8 Å². The Hall–Kier alpha value is -4.48. The Balaban J connectivity index is 0.774. The Morgan fingerprint density at radius 1 is 0.831 bits per heavy atom. The molecule has 0 saturated carbocycles. The molecule has 4 saturated heterocycles. The number of imide groups is 1. The normalized spacial score (nSPS) is 19.3. The van der Waals surface area contributed by atoms with Crippen molar-refractivity contribution in [1.82, 2.24) is 25.1 Å². The van der Waals surface area contributed by atoms with E-state index < -0.39 is 0 Å². The molecule has 4 aliphatic heterocycles. The fourth-order valence-electron chi connectivity index (χ4n) is 9.26. The molecule has 12 nitrogen and oxygen atoms in total. The first-order valence-electron chi connectivity index (χ1n) is 21.1. The maximum atomic E-state index is 12.2. The summed E-state index contributed by atoms with van der Waals surface area (Å²) in [6.07, 6.45) is 9.18. The van der Waals surface area contributed by atoms with Gasteiger partial charge in [-0.3, -0.25) is 15.0 Å². The van der Waals surface area contributed by atoms with Crippen LogP contribution < -0.4 is 35.8 Å². The molecule has 3 aromatic carbocycles. The van der Waals surface area contributed by atoms with Crippen molar-refractivity contribution in [3.8, 4) is 5.75 Å². The van der Waals surface area contributed by atoms with Gasteiger partial charge in [-0.05, 0) is 143 Å². The number of nitrogens with zero attached hydrogens (tertiary/aromatic N) is 6. The van der Waals surface area contributed by atoms with Gasteiger partial charge in [-0.2, -0.15) is 4.98 Å². The summed E-state index contributed by atoms with van der Waals surface area (Å²) in [7, 11) is 1.41. The van der Waals surface area contributed by atoms with E-state index in [4.69, 9.17) is 21.3 Å². The highest BCUT2D eigenvalue weighted by atomic mass is 35.5. The number of methoxy groups -OCH3 is 1. The molecule has 0 spiro atoms. The minimum atomic E-state index is -0.337. The average Bonchev–Trinajstić information content (AvgIpc) is 3.26. The number of benzene rings is 3. The highest BCUT2D eigenvalue weighted by Crippen LogP contribution is 2.37. The van der Waals surface area contributed by atoms with E-state index in [1.165, 1.54) is 61.9 Å². The number of aromatic nitrogens is 2. The quantitative estimate of drug-likeness (QED) is 0.121.